The first kappa shape index (κ1) is 17.0. The average molecular weight is 352 g/mol. The Labute approximate surface area is 153 Å². The number of amides is 1. The maximum Gasteiger partial charge on any atom is 0.254 e. The third-order valence-electron chi connectivity index (χ3n) is 5.27. The highest BCUT2D eigenvalue weighted by atomic mass is 16.5. The molecular formula is C20H24N4O2. The van der Waals surface area contributed by atoms with Gasteiger partial charge in [0, 0.05) is 31.4 Å². The lowest BCUT2D eigenvalue weighted by Gasteiger charge is -2.31. The number of nitrogens with zero attached hydrogens (tertiary/aromatic N) is 4. The second kappa shape index (κ2) is 7.03. The van der Waals surface area contributed by atoms with Crippen molar-refractivity contribution < 1.29 is 9.53 Å². The van der Waals surface area contributed by atoms with Crippen molar-refractivity contribution in [2.24, 2.45) is 0 Å². The van der Waals surface area contributed by atoms with E-state index in [4.69, 9.17) is 9.72 Å². The first-order chi connectivity index (χ1) is 12.6. The number of ether oxygens (including phenoxy) is 1. The van der Waals surface area contributed by atoms with E-state index in [0.29, 0.717) is 26.3 Å². The van der Waals surface area contributed by atoms with E-state index in [2.05, 4.69) is 16.8 Å². The van der Waals surface area contributed by atoms with Crippen LogP contribution in [0.1, 0.15) is 32.7 Å². The molecule has 0 unspecified atom stereocenters. The summed E-state index contributed by atoms with van der Waals surface area (Å²) in [6, 6.07) is 5.91. The number of rotatable bonds is 2. The van der Waals surface area contributed by atoms with E-state index in [-0.39, 0.29) is 5.91 Å². The maximum atomic E-state index is 12.9. The van der Waals surface area contributed by atoms with Crippen LogP contribution in [0.3, 0.4) is 0 Å². The number of aromatic nitrogens is 2. The minimum absolute atomic E-state index is 0.0743. The van der Waals surface area contributed by atoms with Crippen molar-refractivity contribution in [1.29, 1.82) is 0 Å². The number of morpholine rings is 1. The monoisotopic (exact) mass is 352 g/mol. The third kappa shape index (κ3) is 3.29. The Morgan fingerprint density at radius 2 is 1.92 bits per heavy atom. The summed E-state index contributed by atoms with van der Waals surface area (Å²) in [5.74, 6) is 0.817. The Bertz CT molecular complexity index is 831. The number of anilines is 1. The van der Waals surface area contributed by atoms with Crippen molar-refractivity contribution >= 4 is 11.9 Å². The number of aryl methyl sites for hydroxylation is 2. The van der Waals surface area contributed by atoms with Gasteiger partial charge in [0.25, 0.3) is 5.91 Å². The molecule has 0 bridgehead atoms. The van der Waals surface area contributed by atoms with Crippen molar-refractivity contribution in [2.45, 2.75) is 26.8 Å². The SMILES string of the molecule is Cc1ccc(C(=O)N2CCc3cnc(N4CCOCC4)nc3C2)cc1C. The summed E-state index contributed by atoms with van der Waals surface area (Å²) in [5.41, 5.74) is 5.20. The van der Waals surface area contributed by atoms with E-state index in [1.165, 1.54) is 5.56 Å². The first-order valence-electron chi connectivity index (χ1n) is 9.16. The zero-order chi connectivity index (χ0) is 18.1. The fourth-order valence-corrected chi connectivity index (χ4v) is 3.44. The van der Waals surface area contributed by atoms with Gasteiger partial charge >= 0.3 is 0 Å². The van der Waals surface area contributed by atoms with Crippen LogP contribution in [0.15, 0.2) is 24.4 Å². The second-order valence-corrected chi connectivity index (χ2v) is 7.02. The number of benzene rings is 1. The lowest BCUT2D eigenvalue weighted by molar-refractivity contribution is 0.0731. The summed E-state index contributed by atoms with van der Waals surface area (Å²) in [6.07, 6.45) is 2.72. The molecule has 136 valence electrons. The number of carbonyl (C=O) groups excluding carboxylic acids is 1. The zero-order valence-electron chi connectivity index (χ0n) is 15.4. The predicted molar refractivity (Wildman–Crippen MR) is 99.4 cm³/mol. The van der Waals surface area contributed by atoms with Gasteiger partial charge in [0.1, 0.15) is 0 Å². The van der Waals surface area contributed by atoms with Crippen molar-refractivity contribution in [3.8, 4) is 0 Å². The Hall–Kier alpha value is -2.47. The second-order valence-electron chi connectivity index (χ2n) is 7.02. The van der Waals surface area contributed by atoms with Crippen LogP contribution in [0.25, 0.3) is 0 Å². The summed E-state index contributed by atoms with van der Waals surface area (Å²) < 4.78 is 5.40. The topological polar surface area (TPSA) is 58.6 Å². The van der Waals surface area contributed by atoms with Crippen LogP contribution in [0.2, 0.25) is 0 Å². The number of fused-ring (bicyclic) bond motifs is 1. The van der Waals surface area contributed by atoms with E-state index < -0.39 is 0 Å². The molecule has 26 heavy (non-hydrogen) atoms. The maximum absolute atomic E-state index is 12.9. The highest BCUT2D eigenvalue weighted by molar-refractivity contribution is 5.94. The van der Waals surface area contributed by atoms with E-state index in [9.17, 15) is 4.79 Å². The fraction of sp³-hybridized carbons (Fsp3) is 0.450. The molecule has 0 N–H and O–H groups in total. The number of hydrogen-bond acceptors (Lipinski definition) is 5. The van der Waals surface area contributed by atoms with E-state index in [1.54, 1.807) is 0 Å². The summed E-state index contributed by atoms with van der Waals surface area (Å²) in [7, 11) is 0. The Morgan fingerprint density at radius 1 is 1.12 bits per heavy atom. The van der Waals surface area contributed by atoms with Gasteiger partial charge in [-0.3, -0.25) is 4.79 Å². The predicted octanol–water partition coefficient (Wildman–Crippen LogP) is 2.13. The van der Waals surface area contributed by atoms with Crippen molar-refractivity contribution in [2.75, 3.05) is 37.7 Å². The molecule has 4 rings (SSSR count). The molecule has 1 aromatic heterocycles. The minimum Gasteiger partial charge on any atom is -0.378 e. The summed E-state index contributed by atoms with van der Waals surface area (Å²) in [5, 5.41) is 0. The standard InChI is InChI=1S/C20H24N4O2/c1-14-3-4-16(11-15(14)2)19(25)24-6-5-17-12-21-20(22-18(17)13-24)23-7-9-26-10-8-23/h3-4,11-12H,5-10,13H2,1-2H3. The molecule has 1 amide bonds. The van der Waals surface area contributed by atoms with Gasteiger partial charge in [0.2, 0.25) is 5.95 Å². The lowest BCUT2D eigenvalue weighted by Crippen LogP contribution is -2.39. The van der Waals surface area contributed by atoms with Gasteiger partial charge in [0.05, 0.1) is 25.5 Å². The Morgan fingerprint density at radius 3 is 2.69 bits per heavy atom. The van der Waals surface area contributed by atoms with Gasteiger partial charge in [-0.15, -0.1) is 0 Å². The van der Waals surface area contributed by atoms with Crippen LogP contribution in [0.5, 0.6) is 0 Å². The van der Waals surface area contributed by atoms with Crippen LogP contribution in [0, 0.1) is 13.8 Å². The van der Waals surface area contributed by atoms with Crippen molar-refractivity contribution in [3.63, 3.8) is 0 Å². The molecule has 0 radical (unpaired) electrons. The quantitative estimate of drug-likeness (QED) is 0.829. The van der Waals surface area contributed by atoms with Crippen LogP contribution in [-0.2, 0) is 17.7 Å². The van der Waals surface area contributed by atoms with Gasteiger partial charge in [-0.05, 0) is 49.1 Å². The van der Waals surface area contributed by atoms with Crippen LogP contribution in [-0.4, -0.2) is 53.6 Å². The van der Waals surface area contributed by atoms with Gasteiger partial charge in [-0.25, -0.2) is 9.97 Å². The molecule has 3 heterocycles. The lowest BCUT2D eigenvalue weighted by atomic mass is 10.0. The Balaban J connectivity index is 1.54. The molecule has 0 spiro atoms. The normalized spacial score (nSPS) is 17.2. The molecule has 1 fully saturated rings. The summed E-state index contributed by atoms with van der Waals surface area (Å²) >= 11 is 0. The molecule has 1 saturated heterocycles. The molecule has 2 aromatic rings. The van der Waals surface area contributed by atoms with Crippen molar-refractivity contribution in [3.05, 3.63) is 52.3 Å². The smallest absolute Gasteiger partial charge is 0.254 e. The van der Waals surface area contributed by atoms with E-state index >= 15 is 0 Å². The zero-order valence-corrected chi connectivity index (χ0v) is 15.4. The molecule has 6 heteroatoms. The highest BCUT2D eigenvalue weighted by Crippen LogP contribution is 2.22. The summed E-state index contributed by atoms with van der Waals surface area (Å²) in [4.78, 5) is 26.2. The minimum atomic E-state index is 0.0743. The third-order valence-corrected chi connectivity index (χ3v) is 5.27. The molecule has 6 nitrogen and oxygen atoms in total. The Kier molecular flexibility index (Phi) is 4.59. The first-order valence-corrected chi connectivity index (χ1v) is 9.16. The molecule has 0 saturated carbocycles. The van der Waals surface area contributed by atoms with Crippen LogP contribution < -0.4 is 4.90 Å². The van der Waals surface area contributed by atoms with E-state index in [0.717, 1.165) is 47.8 Å². The average Bonchev–Trinajstić information content (AvgIpc) is 2.69. The van der Waals surface area contributed by atoms with Crippen LogP contribution >= 0.6 is 0 Å². The molecule has 0 atom stereocenters. The summed E-state index contributed by atoms with van der Waals surface area (Å²) in [6.45, 7) is 8.38. The molecule has 2 aliphatic rings. The fourth-order valence-electron chi connectivity index (χ4n) is 3.44. The van der Waals surface area contributed by atoms with Gasteiger partial charge < -0.3 is 14.5 Å². The molecular weight excluding hydrogens is 328 g/mol. The van der Waals surface area contributed by atoms with Crippen molar-refractivity contribution in [1.82, 2.24) is 14.9 Å². The molecule has 2 aliphatic heterocycles. The molecule has 0 aliphatic carbocycles. The van der Waals surface area contributed by atoms with Crippen LogP contribution in [0.4, 0.5) is 5.95 Å². The van der Waals surface area contributed by atoms with E-state index in [1.807, 2.05) is 36.2 Å². The van der Waals surface area contributed by atoms with Gasteiger partial charge in [-0.1, -0.05) is 6.07 Å². The largest absolute Gasteiger partial charge is 0.378 e. The van der Waals surface area contributed by atoms with Gasteiger partial charge in [0.15, 0.2) is 0 Å². The highest BCUT2D eigenvalue weighted by Gasteiger charge is 2.25. The molecule has 1 aromatic carbocycles. The van der Waals surface area contributed by atoms with Gasteiger partial charge in [-0.2, -0.15) is 0 Å². The number of hydrogen-bond donors (Lipinski definition) is 0. The number of carbonyl (C=O) groups is 1.